The van der Waals surface area contributed by atoms with Crippen molar-refractivity contribution >= 4 is 33.3 Å². The standard InChI is InChI=1S/C13H16BrClO2/c1-10(16)11(5-7-15)6-8-17-13-4-2-3-12(14)9-13/h2-4,9,11H,5-8H2,1H3. The van der Waals surface area contributed by atoms with Gasteiger partial charge in [-0.2, -0.15) is 0 Å². The molecule has 0 fully saturated rings. The first-order valence-corrected chi connectivity index (χ1v) is 6.91. The summed E-state index contributed by atoms with van der Waals surface area (Å²) in [4.78, 5) is 11.3. The molecule has 1 atom stereocenters. The molecule has 1 rings (SSSR count). The monoisotopic (exact) mass is 318 g/mol. The fraction of sp³-hybridized carbons (Fsp3) is 0.462. The van der Waals surface area contributed by atoms with Gasteiger partial charge in [0.15, 0.2) is 0 Å². The van der Waals surface area contributed by atoms with Crippen LogP contribution >= 0.6 is 27.5 Å². The number of rotatable bonds is 7. The van der Waals surface area contributed by atoms with Crippen molar-refractivity contribution < 1.29 is 9.53 Å². The molecule has 4 heteroatoms. The molecule has 0 aromatic heterocycles. The molecule has 1 unspecified atom stereocenters. The summed E-state index contributed by atoms with van der Waals surface area (Å²) in [7, 11) is 0. The quantitative estimate of drug-likeness (QED) is 0.709. The van der Waals surface area contributed by atoms with Crippen LogP contribution in [0.3, 0.4) is 0 Å². The lowest BCUT2D eigenvalue weighted by Crippen LogP contribution is -2.15. The van der Waals surface area contributed by atoms with E-state index >= 15 is 0 Å². The largest absolute Gasteiger partial charge is 0.494 e. The molecule has 17 heavy (non-hydrogen) atoms. The van der Waals surface area contributed by atoms with Crippen molar-refractivity contribution in [3.63, 3.8) is 0 Å². The first kappa shape index (κ1) is 14.5. The SMILES string of the molecule is CC(=O)C(CCCl)CCOc1cccc(Br)c1. The van der Waals surface area contributed by atoms with Crippen LogP contribution in [0.15, 0.2) is 28.7 Å². The van der Waals surface area contributed by atoms with Crippen LogP contribution in [0.1, 0.15) is 19.8 Å². The average Bonchev–Trinajstić information content (AvgIpc) is 2.28. The minimum Gasteiger partial charge on any atom is -0.494 e. The fourth-order valence-corrected chi connectivity index (χ4v) is 2.20. The number of Topliss-reactive ketones (excluding diaryl/α,β-unsaturated/α-hetero) is 1. The molecule has 0 saturated carbocycles. The zero-order chi connectivity index (χ0) is 12.7. The van der Waals surface area contributed by atoms with E-state index in [9.17, 15) is 4.79 Å². The van der Waals surface area contributed by atoms with Gasteiger partial charge in [-0.1, -0.05) is 22.0 Å². The highest BCUT2D eigenvalue weighted by Crippen LogP contribution is 2.19. The molecule has 0 saturated heterocycles. The second-order valence-corrected chi connectivity index (χ2v) is 5.17. The first-order valence-electron chi connectivity index (χ1n) is 5.58. The molecule has 0 bridgehead atoms. The molecular weight excluding hydrogens is 303 g/mol. The highest BCUT2D eigenvalue weighted by atomic mass is 79.9. The van der Waals surface area contributed by atoms with Crippen molar-refractivity contribution in [2.75, 3.05) is 12.5 Å². The minimum absolute atomic E-state index is 0.0136. The van der Waals surface area contributed by atoms with Gasteiger partial charge in [0.25, 0.3) is 0 Å². The molecule has 0 radical (unpaired) electrons. The van der Waals surface area contributed by atoms with Gasteiger partial charge in [-0.25, -0.2) is 0 Å². The van der Waals surface area contributed by atoms with E-state index in [1.54, 1.807) is 6.92 Å². The molecule has 0 aliphatic rings. The van der Waals surface area contributed by atoms with Crippen molar-refractivity contribution in [2.24, 2.45) is 5.92 Å². The average molecular weight is 320 g/mol. The van der Waals surface area contributed by atoms with E-state index in [0.29, 0.717) is 18.9 Å². The lowest BCUT2D eigenvalue weighted by atomic mass is 9.99. The van der Waals surface area contributed by atoms with Crippen LogP contribution in [-0.4, -0.2) is 18.3 Å². The zero-order valence-corrected chi connectivity index (χ0v) is 12.1. The topological polar surface area (TPSA) is 26.3 Å². The van der Waals surface area contributed by atoms with Gasteiger partial charge in [0.2, 0.25) is 0 Å². The molecule has 94 valence electrons. The Labute approximate surface area is 115 Å². The molecule has 1 aromatic rings. The summed E-state index contributed by atoms with van der Waals surface area (Å²) in [6.07, 6.45) is 1.44. The summed E-state index contributed by atoms with van der Waals surface area (Å²) in [5, 5.41) is 0. The molecule has 0 N–H and O–H groups in total. The van der Waals surface area contributed by atoms with E-state index < -0.39 is 0 Å². The summed E-state index contributed by atoms with van der Waals surface area (Å²) < 4.78 is 6.57. The van der Waals surface area contributed by atoms with Crippen LogP contribution in [0.2, 0.25) is 0 Å². The molecule has 0 aliphatic heterocycles. The number of benzene rings is 1. The third kappa shape index (κ3) is 5.55. The Morgan fingerprint density at radius 1 is 1.47 bits per heavy atom. The van der Waals surface area contributed by atoms with Crippen LogP contribution in [0.25, 0.3) is 0 Å². The van der Waals surface area contributed by atoms with Gasteiger partial charge in [0.1, 0.15) is 11.5 Å². The predicted octanol–water partition coefficient (Wildman–Crippen LogP) is 4.05. The Morgan fingerprint density at radius 3 is 2.82 bits per heavy atom. The van der Waals surface area contributed by atoms with Crippen molar-refractivity contribution in [1.29, 1.82) is 0 Å². The Morgan fingerprint density at radius 2 is 2.24 bits per heavy atom. The molecule has 0 spiro atoms. The van der Waals surface area contributed by atoms with E-state index in [1.165, 1.54) is 0 Å². The Hall–Kier alpha value is -0.540. The predicted molar refractivity (Wildman–Crippen MR) is 73.8 cm³/mol. The smallest absolute Gasteiger partial charge is 0.133 e. The minimum atomic E-state index is 0.0136. The van der Waals surface area contributed by atoms with Crippen LogP contribution in [0, 0.1) is 5.92 Å². The van der Waals surface area contributed by atoms with Crippen LogP contribution < -0.4 is 4.74 Å². The van der Waals surface area contributed by atoms with E-state index in [-0.39, 0.29) is 11.7 Å². The van der Waals surface area contributed by atoms with Gasteiger partial charge in [-0.15, -0.1) is 11.6 Å². The maximum atomic E-state index is 11.3. The van der Waals surface area contributed by atoms with Gasteiger partial charge >= 0.3 is 0 Å². The highest BCUT2D eigenvalue weighted by Gasteiger charge is 2.13. The summed E-state index contributed by atoms with van der Waals surface area (Å²) in [5.41, 5.74) is 0. The van der Waals surface area contributed by atoms with E-state index in [2.05, 4.69) is 15.9 Å². The number of hydrogen-bond donors (Lipinski definition) is 0. The number of halogens is 2. The van der Waals surface area contributed by atoms with E-state index in [1.807, 2.05) is 24.3 Å². The number of carbonyl (C=O) groups is 1. The number of ether oxygens (including phenoxy) is 1. The molecular formula is C13H16BrClO2. The molecule has 0 amide bonds. The van der Waals surface area contributed by atoms with Crippen molar-refractivity contribution in [3.8, 4) is 5.75 Å². The summed E-state index contributed by atoms with van der Waals surface area (Å²) in [6.45, 7) is 2.15. The Bertz CT molecular complexity index is 368. The first-order chi connectivity index (χ1) is 8.13. The third-order valence-corrected chi connectivity index (χ3v) is 3.28. The number of alkyl halides is 1. The number of hydrogen-bond acceptors (Lipinski definition) is 2. The van der Waals surface area contributed by atoms with Gasteiger partial charge in [0.05, 0.1) is 6.61 Å². The van der Waals surface area contributed by atoms with Crippen molar-refractivity contribution in [2.45, 2.75) is 19.8 Å². The van der Waals surface area contributed by atoms with Crippen LogP contribution in [0.4, 0.5) is 0 Å². The summed E-state index contributed by atoms with van der Waals surface area (Å²) in [5.74, 6) is 1.52. The molecule has 1 aromatic carbocycles. The zero-order valence-electron chi connectivity index (χ0n) is 9.79. The van der Waals surface area contributed by atoms with Crippen molar-refractivity contribution in [3.05, 3.63) is 28.7 Å². The van der Waals surface area contributed by atoms with Crippen molar-refractivity contribution in [1.82, 2.24) is 0 Å². The summed E-state index contributed by atoms with van der Waals surface area (Å²) >= 11 is 9.04. The van der Waals surface area contributed by atoms with E-state index in [0.717, 1.165) is 16.6 Å². The van der Waals surface area contributed by atoms with Crippen LogP contribution in [-0.2, 0) is 4.79 Å². The normalized spacial score (nSPS) is 12.2. The van der Waals surface area contributed by atoms with Gasteiger partial charge in [0, 0.05) is 16.3 Å². The fourth-order valence-electron chi connectivity index (χ4n) is 1.56. The number of ketones is 1. The van der Waals surface area contributed by atoms with E-state index in [4.69, 9.17) is 16.3 Å². The number of carbonyl (C=O) groups excluding carboxylic acids is 1. The molecule has 0 heterocycles. The maximum absolute atomic E-state index is 11.3. The van der Waals surface area contributed by atoms with Gasteiger partial charge in [-0.3, -0.25) is 4.79 Å². The lowest BCUT2D eigenvalue weighted by molar-refractivity contribution is -0.121. The molecule has 0 aliphatic carbocycles. The summed E-state index contributed by atoms with van der Waals surface area (Å²) in [6, 6.07) is 7.67. The van der Waals surface area contributed by atoms with Crippen LogP contribution in [0.5, 0.6) is 5.75 Å². The second kappa shape index (κ2) is 7.72. The second-order valence-electron chi connectivity index (χ2n) is 3.88. The Kier molecular flexibility index (Phi) is 6.60. The van der Waals surface area contributed by atoms with Gasteiger partial charge < -0.3 is 4.74 Å². The highest BCUT2D eigenvalue weighted by molar-refractivity contribution is 9.10. The molecule has 2 nitrogen and oxygen atoms in total. The van der Waals surface area contributed by atoms with Gasteiger partial charge in [-0.05, 0) is 38.0 Å². The Balaban J connectivity index is 2.38. The lowest BCUT2D eigenvalue weighted by Gasteiger charge is -2.13. The maximum Gasteiger partial charge on any atom is 0.133 e. The third-order valence-electron chi connectivity index (χ3n) is 2.56.